The summed E-state index contributed by atoms with van der Waals surface area (Å²) in [6.45, 7) is 0. The highest BCUT2D eigenvalue weighted by Crippen LogP contribution is 2.49. The van der Waals surface area contributed by atoms with Gasteiger partial charge in [0, 0.05) is 38.0 Å². The van der Waals surface area contributed by atoms with Gasteiger partial charge in [-0.15, -0.1) is 0 Å². The second kappa shape index (κ2) is 19.1. The minimum absolute atomic E-state index is 0.120. The van der Waals surface area contributed by atoms with Gasteiger partial charge in [-0.05, 0) is 84.6 Å². The van der Waals surface area contributed by atoms with Crippen LogP contribution < -0.4 is 15.9 Å². The van der Waals surface area contributed by atoms with Crippen molar-refractivity contribution in [2.75, 3.05) is 0 Å². The molecule has 1 aromatic heterocycles. The van der Waals surface area contributed by atoms with E-state index in [0.717, 1.165) is 56.4 Å². The van der Waals surface area contributed by atoms with E-state index in [1.807, 2.05) is 78.9 Å². The topological polar surface area (TPSA) is 55.7 Å². The van der Waals surface area contributed by atoms with Gasteiger partial charge in [-0.2, -0.15) is 0 Å². The highest BCUT2D eigenvalue weighted by molar-refractivity contribution is 7.85. The summed E-state index contributed by atoms with van der Waals surface area (Å²) in [4.78, 5) is 15.2. The third-order valence-electron chi connectivity index (χ3n) is 15.5. The fraction of sp³-hybridized carbons (Fsp3) is 0.0870. The summed E-state index contributed by atoms with van der Waals surface area (Å²) in [5.74, 6) is 1.98. The molecule has 0 radical (unpaired) electrons. The lowest BCUT2D eigenvalue weighted by Gasteiger charge is -2.39. The summed E-state index contributed by atoms with van der Waals surface area (Å²) >= 11 is 0. The molecule has 74 heavy (non-hydrogen) atoms. The van der Waals surface area contributed by atoms with Crippen molar-refractivity contribution >= 4 is 55.4 Å². The number of benzene rings is 11. The van der Waals surface area contributed by atoms with Crippen molar-refractivity contribution in [3.05, 3.63) is 266 Å². The first-order chi connectivity index (χ1) is 36.5. The van der Waals surface area contributed by atoms with E-state index >= 15 is 4.57 Å². The van der Waals surface area contributed by atoms with E-state index in [1.165, 1.54) is 74.0 Å². The maximum absolute atomic E-state index is 15.3. The molecule has 0 aliphatic heterocycles. The Morgan fingerprint density at radius 1 is 0.311 bits per heavy atom. The number of aromatic nitrogens is 3. The first-order valence-electron chi connectivity index (χ1n) is 25.8. The molecule has 11 aromatic carbocycles. The lowest BCUT2D eigenvalue weighted by atomic mass is 9.65. The molecule has 1 heterocycles. The molecule has 0 unspecified atom stereocenters. The zero-order valence-electron chi connectivity index (χ0n) is 41.0. The summed E-state index contributed by atoms with van der Waals surface area (Å²) < 4.78 is 15.3. The van der Waals surface area contributed by atoms with Crippen LogP contribution in [-0.4, -0.2) is 15.0 Å². The summed E-state index contributed by atoms with van der Waals surface area (Å²) in [6, 6.07) is 89.6. The van der Waals surface area contributed by atoms with Crippen LogP contribution in [0.5, 0.6) is 0 Å². The van der Waals surface area contributed by atoms with E-state index in [1.54, 1.807) is 0 Å². The number of hydrogen-bond acceptors (Lipinski definition) is 4. The van der Waals surface area contributed by atoms with Gasteiger partial charge >= 0.3 is 0 Å². The van der Waals surface area contributed by atoms with Crippen LogP contribution in [0.4, 0.5) is 0 Å². The molecular weight excluding hydrogens is 918 g/mol. The fourth-order valence-corrected chi connectivity index (χ4v) is 14.4. The van der Waals surface area contributed by atoms with Crippen LogP contribution in [0.25, 0.3) is 88.7 Å². The average molecular weight is 970 g/mol. The normalized spacial score (nSPS) is 13.6. The predicted octanol–water partition coefficient (Wildman–Crippen LogP) is 16.6. The van der Waals surface area contributed by atoms with Crippen molar-refractivity contribution in [2.24, 2.45) is 0 Å². The van der Waals surface area contributed by atoms with E-state index in [2.05, 4.69) is 176 Å². The molecule has 0 saturated heterocycles. The maximum Gasteiger partial charge on any atom is 0.171 e. The molecule has 354 valence electrons. The van der Waals surface area contributed by atoms with Gasteiger partial charge < -0.3 is 4.57 Å². The first kappa shape index (κ1) is 45.3. The molecule has 1 aliphatic rings. The summed E-state index contributed by atoms with van der Waals surface area (Å²) in [6.07, 6.45) is 5.79. The Bertz CT molecular complexity index is 3940. The van der Waals surface area contributed by atoms with E-state index in [4.69, 9.17) is 15.0 Å². The van der Waals surface area contributed by atoms with Crippen LogP contribution >= 0.6 is 7.14 Å². The zero-order valence-corrected chi connectivity index (χ0v) is 41.9. The molecule has 5 heteroatoms. The van der Waals surface area contributed by atoms with Crippen molar-refractivity contribution in [2.45, 2.75) is 37.5 Å². The van der Waals surface area contributed by atoms with E-state index in [9.17, 15) is 0 Å². The van der Waals surface area contributed by atoms with Gasteiger partial charge in [-0.1, -0.05) is 268 Å². The molecule has 1 fully saturated rings. The number of hydrogen-bond donors (Lipinski definition) is 0. The lowest BCUT2D eigenvalue weighted by molar-refractivity contribution is 0.346. The van der Waals surface area contributed by atoms with Gasteiger partial charge in [0.1, 0.15) is 0 Å². The van der Waals surface area contributed by atoms with Crippen molar-refractivity contribution < 1.29 is 4.57 Å². The minimum Gasteiger partial charge on any atom is -0.309 e. The van der Waals surface area contributed by atoms with Gasteiger partial charge in [-0.25, -0.2) is 15.0 Å². The van der Waals surface area contributed by atoms with Crippen LogP contribution in [-0.2, 0) is 9.98 Å². The van der Waals surface area contributed by atoms with Crippen LogP contribution in [0.1, 0.15) is 43.2 Å². The van der Waals surface area contributed by atoms with Crippen LogP contribution in [0.3, 0.4) is 0 Å². The van der Waals surface area contributed by atoms with E-state index in [-0.39, 0.29) is 5.41 Å². The third kappa shape index (κ3) is 8.04. The molecule has 12 aromatic rings. The first-order valence-corrected chi connectivity index (χ1v) is 27.5. The smallest absolute Gasteiger partial charge is 0.171 e. The Morgan fingerprint density at radius 2 is 0.676 bits per heavy atom. The minimum atomic E-state index is -3.12. The largest absolute Gasteiger partial charge is 0.309 e. The van der Waals surface area contributed by atoms with Gasteiger partial charge in [0.25, 0.3) is 0 Å². The molecule has 13 rings (SSSR count). The van der Waals surface area contributed by atoms with Crippen molar-refractivity contribution in [3.63, 3.8) is 0 Å². The SMILES string of the molecule is O=P(c1ccccc1)(c1ccccc1)c1ccc(-c2c3ccccc3c(-c3ccc(C4(c5ccc(-c6nc(-c7ccccc7)nc(-c7ccc8ccccc8c7)n6)cc5)CCCCC4)cc3)c3ccccc23)cc1. The summed E-state index contributed by atoms with van der Waals surface area (Å²) in [5.41, 5.74) is 10.2. The quantitative estimate of drug-likeness (QED) is 0.101. The Kier molecular flexibility index (Phi) is 11.7. The maximum atomic E-state index is 15.3. The second-order valence-corrected chi connectivity index (χ2v) is 22.5. The zero-order chi connectivity index (χ0) is 49.5. The molecule has 0 bridgehead atoms. The molecule has 0 atom stereocenters. The monoisotopic (exact) mass is 969 g/mol. The van der Waals surface area contributed by atoms with E-state index < -0.39 is 7.14 Å². The highest BCUT2D eigenvalue weighted by Gasteiger charge is 2.36. The van der Waals surface area contributed by atoms with E-state index in [0.29, 0.717) is 17.5 Å². The van der Waals surface area contributed by atoms with Gasteiger partial charge in [0.15, 0.2) is 24.6 Å². The van der Waals surface area contributed by atoms with Crippen molar-refractivity contribution in [1.82, 2.24) is 15.0 Å². The standard InChI is InChI=1S/C69H52N3OP/c73-74(57-23-7-2-8-24-57,58-25-9-3-10-26-58)59-43-37-50(38-44-59)65-62-29-15-13-27-60(62)64(61-28-14-16-30-63(61)65)49-33-39-55(40-34-49)69(45-17-4-18-46-69)56-41-35-52(36-42-56)67-70-66(51-20-5-1-6-21-51)71-68(72-67)54-32-31-48-19-11-12-22-53(48)47-54/h1-3,5-16,19-44,47H,4,17-18,45-46H2. The molecule has 0 amide bonds. The molecule has 0 spiro atoms. The fourth-order valence-electron chi connectivity index (χ4n) is 11.8. The van der Waals surface area contributed by atoms with Crippen LogP contribution in [0.2, 0.25) is 0 Å². The third-order valence-corrected chi connectivity index (χ3v) is 18.6. The van der Waals surface area contributed by atoms with Gasteiger partial charge in [0.2, 0.25) is 0 Å². The Balaban J connectivity index is 0.863. The molecule has 1 saturated carbocycles. The van der Waals surface area contributed by atoms with Crippen molar-refractivity contribution in [1.29, 1.82) is 0 Å². The summed E-state index contributed by atoms with van der Waals surface area (Å²) in [7, 11) is -3.12. The van der Waals surface area contributed by atoms with Crippen LogP contribution in [0, 0.1) is 0 Å². The number of rotatable bonds is 10. The average Bonchev–Trinajstić information content (AvgIpc) is 3.49. The molecular formula is C69H52N3OP. The van der Waals surface area contributed by atoms with Crippen LogP contribution in [0.15, 0.2) is 255 Å². The number of fused-ring (bicyclic) bond motifs is 3. The lowest BCUT2D eigenvalue weighted by Crippen LogP contribution is -2.30. The van der Waals surface area contributed by atoms with Gasteiger partial charge in [0.05, 0.1) is 0 Å². The number of nitrogens with zero attached hydrogens (tertiary/aromatic N) is 3. The molecule has 1 aliphatic carbocycles. The summed E-state index contributed by atoms with van der Waals surface area (Å²) in [5, 5.41) is 9.61. The Morgan fingerprint density at radius 3 is 1.18 bits per heavy atom. The Hall–Kier alpha value is -8.56. The highest BCUT2D eigenvalue weighted by atomic mass is 31.2. The predicted molar refractivity (Wildman–Crippen MR) is 309 cm³/mol. The van der Waals surface area contributed by atoms with Crippen molar-refractivity contribution in [3.8, 4) is 56.4 Å². The molecule has 0 N–H and O–H groups in total. The Labute approximate surface area is 432 Å². The second-order valence-electron chi connectivity index (χ2n) is 19.7. The van der Waals surface area contributed by atoms with Gasteiger partial charge in [-0.3, -0.25) is 0 Å². The molecule has 4 nitrogen and oxygen atoms in total.